The average Bonchev–Trinajstić information content (AvgIpc) is 2.12. The van der Waals surface area contributed by atoms with Crippen molar-refractivity contribution in [3.05, 3.63) is 0 Å². The van der Waals surface area contributed by atoms with Crippen molar-refractivity contribution in [3.8, 4) is 0 Å². The van der Waals surface area contributed by atoms with Gasteiger partial charge in [-0.15, -0.1) is 0 Å². The molecule has 0 saturated heterocycles. The zero-order valence-corrected chi connectivity index (χ0v) is 8.39. The largest absolute Gasteiger partial charge is 0.390 e. The van der Waals surface area contributed by atoms with Crippen LogP contribution in [0.25, 0.3) is 0 Å². The van der Waals surface area contributed by atoms with Crippen molar-refractivity contribution in [1.29, 1.82) is 0 Å². The first-order valence-corrected chi connectivity index (χ1v) is 4.28. The molecule has 0 saturated carbocycles. The zero-order valence-electron chi connectivity index (χ0n) is 8.39. The van der Waals surface area contributed by atoms with Crippen LogP contribution in [-0.2, 0) is 4.79 Å². The number of nitrogens with zero attached hydrogens (tertiary/aromatic N) is 1. The van der Waals surface area contributed by atoms with Crippen LogP contribution in [0.4, 0.5) is 8.78 Å². The van der Waals surface area contributed by atoms with E-state index in [1.807, 2.05) is 0 Å². The number of hydrogen-bond donors (Lipinski definition) is 2. The Morgan fingerprint density at radius 3 is 2.50 bits per heavy atom. The first-order chi connectivity index (χ1) is 6.39. The first kappa shape index (κ1) is 13.2. The number of carbonyl (C=O) groups excluding carboxylic acids is 1. The predicted octanol–water partition coefficient (Wildman–Crippen LogP) is -0.318. The van der Waals surface area contributed by atoms with Gasteiger partial charge in [0, 0.05) is 27.1 Å². The van der Waals surface area contributed by atoms with Gasteiger partial charge in [0.05, 0.1) is 6.54 Å². The van der Waals surface area contributed by atoms with Crippen molar-refractivity contribution < 1.29 is 18.7 Å². The number of hydrogen-bond acceptors (Lipinski definition) is 3. The predicted molar refractivity (Wildman–Crippen MR) is 48.2 cm³/mol. The molecule has 0 aliphatic heterocycles. The number of rotatable bonds is 6. The number of alkyl halides is 2. The van der Waals surface area contributed by atoms with Gasteiger partial charge in [-0.25, -0.2) is 8.78 Å². The quantitative estimate of drug-likeness (QED) is 0.591. The van der Waals surface area contributed by atoms with E-state index < -0.39 is 19.1 Å². The molecule has 0 bridgehead atoms. The van der Waals surface area contributed by atoms with E-state index in [1.165, 1.54) is 4.90 Å². The molecule has 4 nitrogen and oxygen atoms in total. The summed E-state index contributed by atoms with van der Waals surface area (Å²) < 4.78 is 24.9. The van der Waals surface area contributed by atoms with E-state index in [4.69, 9.17) is 5.11 Å². The van der Waals surface area contributed by atoms with Crippen LogP contribution in [0.2, 0.25) is 0 Å². The average molecular weight is 210 g/mol. The highest BCUT2D eigenvalue weighted by atomic mass is 19.3. The maximum atomic E-state index is 12.4. The molecule has 0 atom stereocenters. The minimum Gasteiger partial charge on any atom is -0.390 e. The van der Waals surface area contributed by atoms with Crippen LogP contribution in [0.15, 0.2) is 0 Å². The van der Waals surface area contributed by atoms with Crippen LogP contribution in [0.5, 0.6) is 0 Å². The lowest BCUT2D eigenvalue weighted by Gasteiger charge is -2.14. The van der Waals surface area contributed by atoms with Crippen molar-refractivity contribution in [2.24, 2.45) is 0 Å². The molecule has 0 aromatic rings. The van der Waals surface area contributed by atoms with E-state index in [-0.39, 0.29) is 18.9 Å². The number of amides is 1. The van der Waals surface area contributed by atoms with Crippen LogP contribution in [-0.4, -0.2) is 55.6 Å². The van der Waals surface area contributed by atoms with Gasteiger partial charge in [-0.05, 0) is 0 Å². The molecule has 14 heavy (non-hydrogen) atoms. The summed E-state index contributed by atoms with van der Waals surface area (Å²) in [4.78, 5) is 12.4. The fourth-order valence-electron chi connectivity index (χ4n) is 0.746. The van der Waals surface area contributed by atoms with Gasteiger partial charge in [0.15, 0.2) is 0 Å². The Morgan fingerprint density at radius 2 is 2.07 bits per heavy atom. The van der Waals surface area contributed by atoms with Gasteiger partial charge in [0.1, 0.15) is 6.61 Å². The molecule has 0 aromatic carbocycles. The van der Waals surface area contributed by atoms with Crippen LogP contribution in [0.1, 0.15) is 6.42 Å². The Balaban J connectivity index is 3.52. The fourth-order valence-corrected chi connectivity index (χ4v) is 0.746. The number of aliphatic hydroxyl groups excluding tert-OH is 1. The lowest BCUT2D eigenvalue weighted by molar-refractivity contribution is -0.128. The van der Waals surface area contributed by atoms with E-state index in [0.717, 1.165) is 0 Å². The third-order valence-electron chi connectivity index (χ3n) is 1.63. The standard InChI is InChI=1S/C8H16F2N2O2/c1-12(2)7(14)3-4-11-5-8(9,10)6-13/h11,13H,3-6H2,1-2H3. The molecule has 0 rings (SSSR count). The fraction of sp³-hybridized carbons (Fsp3) is 0.875. The summed E-state index contributed by atoms with van der Waals surface area (Å²) in [5.41, 5.74) is 0. The topological polar surface area (TPSA) is 52.6 Å². The molecule has 0 fully saturated rings. The Morgan fingerprint density at radius 1 is 1.50 bits per heavy atom. The summed E-state index contributed by atoms with van der Waals surface area (Å²) >= 11 is 0. The molecule has 0 aliphatic rings. The van der Waals surface area contributed by atoms with E-state index in [1.54, 1.807) is 14.1 Å². The van der Waals surface area contributed by atoms with Crippen LogP contribution < -0.4 is 5.32 Å². The third-order valence-corrected chi connectivity index (χ3v) is 1.63. The summed E-state index contributed by atoms with van der Waals surface area (Å²) in [7, 11) is 3.20. The second-order valence-electron chi connectivity index (χ2n) is 3.23. The Labute approximate surface area is 81.9 Å². The van der Waals surface area contributed by atoms with E-state index in [9.17, 15) is 13.6 Å². The third kappa shape index (κ3) is 5.82. The molecule has 6 heteroatoms. The molecule has 84 valence electrons. The summed E-state index contributed by atoms with van der Waals surface area (Å²) in [6, 6.07) is 0. The molecular weight excluding hydrogens is 194 g/mol. The summed E-state index contributed by atoms with van der Waals surface area (Å²) in [6.07, 6.45) is 0.175. The SMILES string of the molecule is CN(C)C(=O)CCNCC(F)(F)CO. The molecular formula is C8H16F2N2O2. The maximum absolute atomic E-state index is 12.4. The second kappa shape index (κ2) is 5.87. The van der Waals surface area contributed by atoms with Gasteiger partial charge in [0.25, 0.3) is 5.92 Å². The lowest BCUT2D eigenvalue weighted by Crippen LogP contribution is -2.37. The Kier molecular flexibility index (Phi) is 5.56. The number of aliphatic hydroxyl groups is 1. The van der Waals surface area contributed by atoms with E-state index in [0.29, 0.717) is 0 Å². The molecule has 0 aliphatic carbocycles. The molecule has 0 heterocycles. The first-order valence-electron chi connectivity index (χ1n) is 4.28. The monoisotopic (exact) mass is 210 g/mol. The smallest absolute Gasteiger partial charge is 0.282 e. The van der Waals surface area contributed by atoms with Gasteiger partial charge in [-0.2, -0.15) is 0 Å². The van der Waals surface area contributed by atoms with Crippen LogP contribution >= 0.6 is 0 Å². The number of carbonyl (C=O) groups is 1. The molecule has 0 unspecified atom stereocenters. The maximum Gasteiger partial charge on any atom is 0.282 e. The van der Waals surface area contributed by atoms with Crippen LogP contribution in [0.3, 0.4) is 0 Å². The lowest BCUT2D eigenvalue weighted by atomic mass is 10.3. The summed E-state index contributed by atoms with van der Waals surface area (Å²) in [6.45, 7) is -1.60. The number of nitrogens with one attached hydrogen (secondary N) is 1. The highest BCUT2D eigenvalue weighted by Gasteiger charge is 2.26. The van der Waals surface area contributed by atoms with E-state index in [2.05, 4.69) is 5.32 Å². The summed E-state index contributed by atoms with van der Waals surface area (Å²) in [5, 5.41) is 10.6. The van der Waals surface area contributed by atoms with Gasteiger partial charge in [0.2, 0.25) is 5.91 Å². The molecule has 1 amide bonds. The second-order valence-corrected chi connectivity index (χ2v) is 3.23. The Hall–Kier alpha value is -0.750. The van der Waals surface area contributed by atoms with Crippen molar-refractivity contribution in [2.75, 3.05) is 33.8 Å². The molecule has 0 radical (unpaired) electrons. The van der Waals surface area contributed by atoms with Crippen molar-refractivity contribution in [3.63, 3.8) is 0 Å². The van der Waals surface area contributed by atoms with Crippen molar-refractivity contribution in [1.82, 2.24) is 10.2 Å². The van der Waals surface area contributed by atoms with Gasteiger partial charge >= 0.3 is 0 Å². The van der Waals surface area contributed by atoms with Crippen LogP contribution in [0, 0.1) is 0 Å². The van der Waals surface area contributed by atoms with Gasteiger partial charge < -0.3 is 15.3 Å². The van der Waals surface area contributed by atoms with E-state index >= 15 is 0 Å². The summed E-state index contributed by atoms with van der Waals surface area (Å²) in [5.74, 6) is -3.23. The van der Waals surface area contributed by atoms with Crippen molar-refractivity contribution >= 4 is 5.91 Å². The Bertz CT molecular complexity index is 186. The van der Waals surface area contributed by atoms with Crippen molar-refractivity contribution in [2.45, 2.75) is 12.3 Å². The van der Waals surface area contributed by atoms with Gasteiger partial charge in [-0.3, -0.25) is 4.79 Å². The minimum atomic E-state index is -3.11. The minimum absolute atomic E-state index is 0.121. The molecule has 0 spiro atoms. The molecule has 0 aromatic heterocycles. The normalized spacial score (nSPS) is 11.5. The number of halogens is 2. The highest BCUT2D eigenvalue weighted by Crippen LogP contribution is 2.09. The highest BCUT2D eigenvalue weighted by molar-refractivity contribution is 5.75. The van der Waals surface area contributed by atoms with Gasteiger partial charge in [-0.1, -0.05) is 0 Å². The molecule has 2 N–H and O–H groups in total. The zero-order chi connectivity index (χ0) is 11.2.